The van der Waals surface area contributed by atoms with Gasteiger partial charge in [-0.25, -0.2) is 0 Å². The summed E-state index contributed by atoms with van der Waals surface area (Å²) in [6, 6.07) is 41.5. The minimum Gasteiger partial charge on any atom is -0.496 e. The van der Waals surface area contributed by atoms with Crippen molar-refractivity contribution in [2.45, 2.75) is 10.1 Å². The van der Waals surface area contributed by atoms with Crippen molar-refractivity contribution < 1.29 is 33.0 Å². The van der Waals surface area contributed by atoms with Gasteiger partial charge >= 0.3 is 0 Å². The van der Waals surface area contributed by atoms with Gasteiger partial charge in [-0.1, -0.05) is 60.7 Å². The van der Waals surface area contributed by atoms with Crippen molar-refractivity contribution in [3.63, 3.8) is 0 Å². The molecule has 1 aliphatic heterocycles. The second kappa shape index (κ2) is 16.7. The molecular weight excluding hydrogens is 703 g/mol. The van der Waals surface area contributed by atoms with E-state index in [-0.39, 0.29) is 11.6 Å². The van der Waals surface area contributed by atoms with Crippen molar-refractivity contribution in [1.82, 2.24) is 5.32 Å². The van der Waals surface area contributed by atoms with Crippen molar-refractivity contribution in [1.29, 1.82) is 0 Å². The summed E-state index contributed by atoms with van der Waals surface area (Å²) in [7, 11) is 1.58. The van der Waals surface area contributed by atoms with E-state index >= 15 is 0 Å². The lowest BCUT2D eigenvalue weighted by atomic mass is 10.1. The summed E-state index contributed by atoms with van der Waals surface area (Å²) >= 11 is 1.37. The summed E-state index contributed by atoms with van der Waals surface area (Å²) in [5.41, 5.74) is 3.01. The van der Waals surface area contributed by atoms with Gasteiger partial charge in [-0.05, 0) is 78.4 Å². The summed E-state index contributed by atoms with van der Waals surface area (Å²) in [4.78, 5) is 41.4. The van der Waals surface area contributed by atoms with Gasteiger partial charge in [-0.15, -0.1) is 11.8 Å². The van der Waals surface area contributed by atoms with Crippen molar-refractivity contribution >= 4 is 46.9 Å². The van der Waals surface area contributed by atoms with Gasteiger partial charge < -0.3 is 34.6 Å². The third-order valence-corrected chi connectivity index (χ3v) is 9.60. The van der Waals surface area contributed by atoms with Gasteiger partial charge in [-0.2, -0.15) is 0 Å². The molecule has 5 aromatic carbocycles. The normalized spacial score (nSPS) is 12.6. The Morgan fingerprint density at radius 3 is 2.17 bits per heavy atom. The topological polar surface area (TPSA) is 128 Å². The highest BCUT2D eigenvalue weighted by Gasteiger charge is 2.24. The highest BCUT2D eigenvalue weighted by Crippen LogP contribution is 2.38. The number of anilines is 2. The molecule has 2 heterocycles. The maximum Gasteiger partial charge on any atom is 0.272 e. The number of furan rings is 1. The number of hydrogen-bond donors (Lipinski definition) is 3. The van der Waals surface area contributed by atoms with Gasteiger partial charge in [0.15, 0.2) is 11.5 Å². The Morgan fingerprint density at radius 2 is 1.41 bits per heavy atom. The average Bonchev–Trinajstić information content (AvgIpc) is 3.69. The van der Waals surface area contributed by atoms with Gasteiger partial charge in [0, 0.05) is 34.0 Å². The fourth-order valence-electron chi connectivity index (χ4n) is 5.69. The van der Waals surface area contributed by atoms with E-state index in [4.69, 9.17) is 18.6 Å². The molecule has 1 aromatic heterocycles. The van der Waals surface area contributed by atoms with Crippen LogP contribution in [0.3, 0.4) is 0 Å². The fourth-order valence-corrected chi connectivity index (χ4v) is 6.71. The first kappa shape index (κ1) is 35.7. The summed E-state index contributed by atoms with van der Waals surface area (Å²) in [5.74, 6) is 1.52. The molecule has 6 aromatic rings. The number of rotatable bonds is 12. The van der Waals surface area contributed by atoms with E-state index in [2.05, 4.69) is 16.0 Å². The molecule has 0 fully saturated rings. The predicted octanol–water partition coefficient (Wildman–Crippen LogP) is 8.61. The Kier molecular flexibility index (Phi) is 11.1. The van der Waals surface area contributed by atoms with Crippen LogP contribution in [0.5, 0.6) is 17.2 Å². The van der Waals surface area contributed by atoms with Crippen LogP contribution in [-0.2, 0) is 9.59 Å². The summed E-state index contributed by atoms with van der Waals surface area (Å²) < 4.78 is 22.8. The average molecular weight is 738 g/mol. The highest BCUT2D eigenvalue weighted by molar-refractivity contribution is 8.00. The molecule has 0 unspecified atom stereocenters. The van der Waals surface area contributed by atoms with Crippen LogP contribution in [0.4, 0.5) is 11.4 Å². The molecule has 0 saturated heterocycles. The van der Waals surface area contributed by atoms with Crippen LogP contribution in [0.1, 0.15) is 26.9 Å². The fraction of sp³-hybridized carbons (Fsp3) is 0.0930. The molecule has 10 nitrogen and oxygen atoms in total. The van der Waals surface area contributed by atoms with Crippen LogP contribution in [0.15, 0.2) is 155 Å². The number of nitrogens with one attached hydrogen (secondary N) is 3. The summed E-state index contributed by atoms with van der Waals surface area (Å²) in [5, 5.41) is 8.05. The van der Waals surface area contributed by atoms with E-state index in [0.717, 1.165) is 16.0 Å². The highest BCUT2D eigenvalue weighted by atomic mass is 32.2. The molecule has 0 radical (unpaired) electrons. The second-order valence-corrected chi connectivity index (χ2v) is 13.2. The molecule has 7 rings (SSSR count). The van der Waals surface area contributed by atoms with E-state index < -0.39 is 17.1 Å². The molecule has 0 bridgehead atoms. The number of thioether (sulfide) groups is 1. The third-order valence-electron chi connectivity index (χ3n) is 8.33. The molecule has 3 amide bonds. The van der Waals surface area contributed by atoms with Crippen molar-refractivity contribution in [3.05, 3.63) is 162 Å². The van der Waals surface area contributed by atoms with Crippen molar-refractivity contribution in [2.24, 2.45) is 0 Å². The quantitative estimate of drug-likeness (QED) is 0.0842. The van der Waals surface area contributed by atoms with Gasteiger partial charge in [0.05, 0.1) is 12.7 Å². The van der Waals surface area contributed by atoms with Gasteiger partial charge in [0.2, 0.25) is 5.91 Å². The van der Waals surface area contributed by atoms with Crippen LogP contribution in [-0.4, -0.2) is 38.0 Å². The molecular formula is C43H35N3O7S. The van der Waals surface area contributed by atoms with Crippen LogP contribution >= 0.6 is 11.8 Å². The summed E-state index contributed by atoms with van der Waals surface area (Å²) in [6.07, 6.45) is 1.48. The van der Waals surface area contributed by atoms with Gasteiger partial charge in [0.1, 0.15) is 41.4 Å². The number of para-hydroxylation sites is 1. The number of fused-ring (bicyclic) bond motifs is 1. The predicted molar refractivity (Wildman–Crippen MR) is 209 cm³/mol. The van der Waals surface area contributed by atoms with Crippen LogP contribution < -0.4 is 30.2 Å². The number of amides is 3. The summed E-state index contributed by atoms with van der Waals surface area (Å²) in [6.45, 7) is 0.923. The Labute approximate surface area is 316 Å². The molecule has 1 aliphatic rings. The third kappa shape index (κ3) is 8.66. The zero-order valence-electron chi connectivity index (χ0n) is 29.1. The smallest absolute Gasteiger partial charge is 0.272 e. The Balaban J connectivity index is 1.09. The molecule has 54 heavy (non-hydrogen) atoms. The maximum atomic E-state index is 13.7. The molecule has 270 valence electrons. The van der Waals surface area contributed by atoms with E-state index in [1.807, 2.05) is 66.7 Å². The lowest BCUT2D eigenvalue weighted by Crippen LogP contribution is -2.30. The Morgan fingerprint density at radius 1 is 0.722 bits per heavy atom. The zero-order chi connectivity index (χ0) is 37.3. The minimum absolute atomic E-state index is 0.0248. The Hall–Kier alpha value is -6.72. The standard InChI is InChI=1S/C43H35N3O7S/c1-50-36-15-9-8-14-34(36)37-23-19-32(53-37)27-35(46-41(47)29-12-6-3-7-13-29)42(48)44-30-16-20-33(21-17-30)54-40(28-10-4-2-5-11-28)43(49)45-31-18-22-38-39(26-31)52-25-24-51-38/h2-23,26-27,40H,24-25H2,1H3,(H,44,48)(H,45,49)(H,46,47)/b35-27+/t40-/m1/s1. The largest absolute Gasteiger partial charge is 0.496 e. The molecule has 3 N–H and O–H groups in total. The number of carbonyl (C=O) groups excluding carboxylic acids is 3. The molecule has 0 spiro atoms. The lowest BCUT2D eigenvalue weighted by Gasteiger charge is -2.20. The van der Waals surface area contributed by atoms with Crippen LogP contribution in [0.25, 0.3) is 17.4 Å². The number of hydrogen-bond acceptors (Lipinski definition) is 8. The minimum atomic E-state index is -0.586. The first-order valence-electron chi connectivity index (χ1n) is 17.1. The van der Waals surface area contributed by atoms with E-state index in [0.29, 0.717) is 58.9 Å². The van der Waals surface area contributed by atoms with Gasteiger partial charge in [-0.3, -0.25) is 14.4 Å². The van der Waals surface area contributed by atoms with E-state index in [1.165, 1.54) is 17.8 Å². The number of carbonyl (C=O) groups is 3. The maximum absolute atomic E-state index is 13.7. The molecule has 0 aliphatic carbocycles. The van der Waals surface area contributed by atoms with Crippen molar-refractivity contribution in [2.75, 3.05) is 31.0 Å². The number of benzene rings is 5. The van der Waals surface area contributed by atoms with Crippen LogP contribution in [0.2, 0.25) is 0 Å². The first-order valence-corrected chi connectivity index (χ1v) is 18.0. The second-order valence-electron chi connectivity index (χ2n) is 12.0. The monoisotopic (exact) mass is 737 g/mol. The van der Waals surface area contributed by atoms with Gasteiger partial charge in [0.25, 0.3) is 11.8 Å². The first-order chi connectivity index (χ1) is 26.4. The van der Waals surface area contributed by atoms with Crippen LogP contribution in [0, 0.1) is 0 Å². The molecule has 1 atom stereocenters. The van der Waals surface area contributed by atoms with E-state index in [9.17, 15) is 14.4 Å². The zero-order valence-corrected chi connectivity index (χ0v) is 29.9. The van der Waals surface area contributed by atoms with E-state index in [1.54, 1.807) is 79.9 Å². The lowest BCUT2D eigenvalue weighted by molar-refractivity contribution is -0.116. The SMILES string of the molecule is COc1ccccc1-c1ccc(/C=C(/NC(=O)c2ccccc2)C(=O)Nc2ccc(S[C@@H](C(=O)Nc3ccc4c(c3)OCCO4)c3ccccc3)cc2)o1. The number of methoxy groups -OCH3 is 1. The Bertz CT molecular complexity index is 2290. The number of ether oxygens (including phenoxy) is 3. The molecule has 11 heteroatoms. The molecule has 0 saturated carbocycles. The van der Waals surface area contributed by atoms with Crippen molar-refractivity contribution in [3.8, 4) is 28.6 Å².